The van der Waals surface area contributed by atoms with Crippen LogP contribution in [0.5, 0.6) is 0 Å². The summed E-state index contributed by atoms with van der Waals surface area (Å²) >= 11 is 0. The fraction of sp³-hybridized carbons (Fsp3) is 0.552. The summed E-state index contributed by atoms with van der Waals surface area (Å²) in [4.78, 5) is 12.9. The van der Waals surface area contributed by atoms with Crippen LogP contribution in [0.1, 0.15) is 95.6 Å². The Labute approximate surface area is 217 Å². The molecule has 2 aromatic carbocycles. The molecular weight excluding hydrogens is 474 g/mol. The highest BCUT2D eigenvalue weighted by Gasteiger charge is 2.34. The molecule has 0 spiro atoms. The molecule has 0 bridgehead atoms. The second kappa shape index (κ2) is 17.3. The molecule has 2 aromatic rings. The molecule has 0 aliphatic carbocycles. The number of carbonyl (C=O) groups is 1. The first-order valence-corrected chi connectivity index (χ1v) is 14.9. The zero-order valence-electron chi connectivity index (χ0n) is 21.6. The molecule has 0 amide bonds. The third kappa shape index (κ3) is 11.2. The fourth-order valence-electron chi connectivity index (χ4n) is 4.12. The summed E-state index contributed by atoms with van der Waals surface area (Å²) in [5, 5.41) is 10.8. The highest BCUT2D eigenvalue weighted by Crippen LogP contribution is 2.20. The largest absolute Gasteiger partial charge is 0.464 e. The standard InChI is InChI=1S/C29H43NO5S/c1-2-3-4-5-6-7-8-9-10-11-12-19-24-35-29(32)27(28(31)25-20-15-13-16-21-25)30-36(33,34)26-22-17-14-18-23-26/h13-18,20-23,27-28,30-31H,2-12,19,24H2,1H3. The Kier molecular flexibility index (Phi) is 14.4. The Morgan fingerprint density at radius 2 is 1.25 bits per heavy atom. The lowest BCUT2D eigenvalue weighted by atomic mass is 10.0. The SMILES string of the molecule is CCCCCCCCCCCCCCOC(=O)C(NS(=O)(=O)c1ccccc1)C(O)c1ccccc1. The minimum atomic E-state index is -4.03. The first-order chi connectivity index (χ1) is 17.5. The Morgan fingerprint density at radius 3 is 1.78 bits per heavy atom. The number of hydrogen-bond acceptors (Lipinski definition) is 5. The predicted molar refractivity (Wildman–Crippen MR) is 144 cm³/mol. The molecule has 36 heavy (non-hydrogen) atoms. The van der Waals surface area contributed by atoms with E-state index in [1.54, 1.807) is 48.5 Å². The molecule has 0 saturated heterocycles. The van der Waals surface area contributed by atoms with E-state index in [-0.39, 0.29) is 11.5 Å². The van der Waals surface area contributed by atoms with Gasteiger partial charge in [0.2, 0.25) is 10.0 Å². The van der Waals surface area contributed by atoms with Crippen molar-refractivity contribution < 1.29 is 23.1 Å². The van der Waals surface area contributed by atoms with Gasteiger partial charge in [-0.25, -0.2) is 8.42 Å². The van der Waals surface area contributed by atoms with Crippen LogP contribution >= 0.6 is 0 Å². The van der Waals surface area contributed by atoms with Gasteiger partial charge < -0.3 is 9.84 Å². The van der Waals surface area contributed by atoms with Crippen LogP contribution in [0, 0.1) is 0 Å². The van der Waals surface area contributed by atoms with Gasteiger partial charge in [0.15, 0.2) is 0 Å². The molecule has 2 unspecified atom stereocenters. The molecule has 0 aliphatic rings. The van der Waals surface area contributed by atoms with Crippen LogP contribution in [0.25, 0.3) is 0 Å². The van der Waals surface area contributed by atoms with Gasteiger partial charge in [-0.3, -0.25) is 4.79 Å². The van der Waals surface area contributed by atoms with Crippen molar-refractivity contribution in [2.45, 2.75) is 101 Å². The van der Waals surface area contributed by atoms with E-state index in [0.717, 1.165) is 12.8 Å². The summed E-state index contributed by atoms with van der Waals surface area (Å²) in [6.07, 6.45) is 13.0. The number of rotatable bonds is 19. The molecule has 0 aromatic heterocycles. The number of carbonyl (C=O) groups excluding carboxylic acids is 1. The van der Waals surface area contributed by atoms with Gasteiger partial charge in [-0.1, -0.05) is 126 Å². The molecule has 0 aliphatic heterocycles. The fourth-order valence-corrected chi connectivity index (χ4v) is 5.34. The number of unbranched alkanes of at least 4 members (excludes halogenated alkanes) is 11. The molecule has 2 atom stereocenters. The number of aliphatic hydroxyl groups is 1. The Bertz CT molecular complexity index is 950. The van der Waals surface area contributed by atoms with E-state index in [1.807, 2.05) is 0 Å². The number of benzene rings is 2. The number of hydrogen-bond donors (Lipinski definition) is 2. The number of ether oxygens (including phenoxy) is 1. The van der Waals surface area contributed by atoms with Crippen LogP contribution in [-0.2, 0) is 19.6 Å². The zero-order chi connectivity index (χ0) is 26.1. The van der Waals surface area contributed by atoms with Crippen molar-refractivity contribution in [2.75, 3.05) is 6.61 Å². The summed E-state index contributed by atoms with van der Waals surface area (Å²) in [5.41, 5.74) is 0.431. The summed E-state index contributed by atoms with van der Waals surface area (Å²) < 4.78 is 33.4. The second-order valence-electron chi connectivity index (χ2n) is 9.32. The van der Waals surface area contributed by atoms with Gasteiger partial charge in [0.25, 0.3) is 0 Å². The molecule has 0 heterocycles. The lowest BCUT2D eigenvalue weighted by Crippen LogP contribution is -2.46. The van der Waals surface area contributed by atoms with Crippen molar-refractivity contribution in [3.05, 3.63) is 66.2 Å². The lowest BCUT2D eigenvalue weighted by molar-refractivity contribution is -0.148. The van der Waals surface area contributed by atoms with Gasteiger partial charge in [0.1, 0.15) is 12.1 Å². The molecule has 200 valence electrons. The Morgan fingerprint density at radius 1 is 0.778 bits per heavy atom. The van der Waals surface area contributed by atoms with Gasteiger partial charge in [0.05, 0.1) is 11.5 Å². The van der Waals surface area contributed by atoms with E-state index in [2.05, 4.69) is 11.6 Å². The van der Waals surface area contributed by atoms with Crippen LogP contribution < -0.4 is 4.72 Å². The molecule has 0 fully saturated rings. The van der Waals surface area contributed by atoms with Crippen LogP contribution in [0.4, 0.5) is 0 Å². The smallest absolute Gasteiger partial charge is 0.327 e. The molecule has 2 N–H and O–H groups in total. The molecule has 0 saturated carbocycles. The van der Waals surface area contributed by atoms with Crippen LogP contribution in [-0.4, -0.2) is 32.1 Å². The molecule has 7 heteroatoms. The van der Waals surface area contributed by atoms with Crippen LogP contribution in [0.15, 0.2) is 65.6 Å². The first kappa shape index (κ1) is 30.0. The minimum absolute atomic E-state index is 0.0176. The highest BCUT2D eigenvalue weighted by atomic mass is 32.2. The van der Waals surface area contributed by atoms with E-state index in [1.165, 1.54) is 69.9 Å². The monoisotopic (exact) mass is 517 g/mol. The van der Waals surface area contributed by atoms with Gasteiger partial charge >= 0.3 is 5.97 Å². The minimum Gasteiger partial charge on any atom is -0.464 e. The maximum Gasteiger partial charge on any atom is 0.327 e. The third-order valence-corrected chi connectivity index (χ3v) is 7.75. The number of esters is 1. The van der Waals surface area contributed by atoms with E-state index in [0.29, 0.717) is 12.0 Å². The van der Waals surface area contributed by atoms with E-state index >= 15 is 0 Å². The topological polar surface area (TPSA) is 92.7 Å². The van der Waals surface area contributed by atoms with Crippen molar-refractivity contribution in [1.29, 1.82) is 0 Å². The average Bonchev–Trinajstić information content (AvgIpc) is 2.90. The summed E-state index contributed by atoms with van der Waals surface area (Å²) in [5.74, 6) is -0.783. The number of sulfonamides is 1. The molecule has 2 rings (SSSR count). The van der Waals surface area contributed by atoms with Crippen molar-refractivity contribution in [2.24, 2.45) is 0 Å². The maximum atomic E-state index is 12.9. The van der Waals surface area contributed by atoms with Gasteiger partial charge in [-0.05, 0) is 24.1 Å². The summed E-state index contributed by atoms with van der Waals surface area (Å²) in [6.45, 7) is 2.43. The van der Waals surface area contributed by atoms with Crippen molar-refractivity contribution >= 4 is 16.0 Å². The second-order valence-corrected chi connectivity index (χ2v) is 11.0. The van der Waals surface area contributed by atoms with Crippen molar-refractivity contribution in [3.63, 3.8) is 0 Å². The normalized spacial score (nSPS) is 13.3. The average molecular weight is 518 g/mol. The van der Waals surface area contributed by atoms with Gasteiger partial charge in [-0.2, -0.15) is 4.72 Å². The molecular formula is C29H43NO5S. The molecule has 6 nitrogen and oxygen atoms in total. The summed E-state index contributed by atoms with van der Waals surface area (Å²) in [7, 11) is -4.03. The van der Waals surface area contributed by atoms with Crippen molar-refractivity contribution in [1.82, 2.24) is 4.72 Å². The predicted octanol–water partition coefficient (Wildman–Crippen LogP) is 6.31. The van der Waals surface area contributed by atoms with Gasteiger partial charge in [0, 0.05) is 0 Å². The third-order valence-electron chi connectivity index (χ3n) is 6.29. The van der Waals surface area contributed by atoms with E-state index < -0.39 is 28.1 Å². The Balaban J connectivity index is 1.78. The molecule has 0 radical (unpaired) electrons. The lowest BCUT2D eigenvalue weighted by Gasteiger charge is -2.23. The maximum absolute atomic E-state index is 12.9. The van der Waals surface area contributed by atoms with E-state index in [4.69, 9.17) is 4.74 Å². The number of aliphatic hydroxyl groups excluding tert-OH is 1. The van der Waals surface area contributed by atoms with E-state index in [9.17, 15) is 18.3 Å². The highest BCUT2D eigenvalue weighted by molar-refractivity contribution is 7.89. The van der Waals surface area contributed by atoms with Crippen LogP contribution in [0.3, 0.4) is 0 Å². The first-order valence-electron chi connectivity index (χ1n) is 13.4. The van der Waals surface area contributed by atoms with Crippen LogP contribution in [0.2, 0.25) is 0 Å². The zero-order valence-corrected chi connectivity index (χ0v) is 22.4. The van der Waals surface area contributed by atoms with Gasteiger partial charge in [-0.15, -0.1) is 0 Å². The summed E-state index contributed by atoms with van der Waals surface area (Å²) in [6, 6.07) is 14.8. The Hall–Kier alpha value is -2.22. The van der Waals surface area contributed by atoms with Crippen molar-refractivity contribution in [3.8, 4) is 0 Å². The number of nitrogens with one attached hydrogen (secondary N) is 1. The quantitative estimate of drug-likeness (QED) is 0.168.